The molecule has 1 amide bonds. The van der Waals surface area contributed by atoms with Gasteiger partial charge in [-0.3, -0.25) is 4.79 Å². The van der Waals surface area contributed by atoms with Gasteiger partial charge in [-0.2, -0.15) is 0 Å². The maximum atomic E-state index is 12.3. The summed E-state index contributed by atoms with van der Waals surface area (Å²) in [5.74, 6) is -1.56. The van der Waals surface area contributed by atoms with Crippen LogP contribution in [0.4, 0.5) is 5.69 Å². The van der Waals surface area contributed by atoms with Gasteiger partial charge in [-0.1, -0.05) is 11.6 Å². The van der Waals surface area contributed by atoms with Crippen molar-refractivity contribution in [2.75, 3.05) is 5.32 Å². The van der Waals surface area contributed by atoms with Gasteiger partial charge < -0.3 is 14.8 Å². The summed E-state index contributed by atoms with van der Waals surface area (Å²) in [6.07, 6.45) is 3.06. The number of nitrogens with one attached hydrogen (secondary N) is 1. The number of carbonyl (C=O) groups excluding carboxylic acids is 1. The van der Waals surface area contributed by atoms with Gasteiger partial charge >= 0.3 is 5.97 Å². The quantitative estimate of drug-likeness (QED) is 0.766. The van der Waals surface area contributed by atoms with Gasteiger partial charge in [0.05, 0.1) is 23.8 Å². The van der Waals surface area contributed by atoms with E-state index in [1.165, 1.54) is 30.7 Å². The fraction of sp³-hybridized carbons (Fsp3) is 0. The number of carboxylic acids is 1. The Bertz CT molecular complexity index is 810. The Labute approximate surface area is 130 Å². The Kier molecular flexibility index (Phi) is 3.56. The molecule has 3 rings (SSSR count). The van der Waals surface area contributed by atoms with Gasteiger partial charge in [0.25, 0.3) is 5.91 Å². The monoisotopic (exact) mass is 315 g/mol. The van der Waals surface area contributed by atoms with Crippen molar-refractivity contribution in [2.45, 2.75) is 0 Å². The highest BCUT2D eigenvalue weighted by Crippen LogP contribution is 2.27. The fourth-order valence-corrected chi connectivity index (χ4v) is 2.32. The standard InChI is InChI=1S/C16H10ClNO4/c17-12-1-2-14(13(7-12)16(20)21)18-15(19)10-5-9-3-4-22-8-11(9)6-10/h1-8H,(H,18,19)(H,20,21). The number of aromatic carboxylic acids is 1. The number of carboxylic acid groups (broad SMARTS) is 1. The second kappa shape index (κ2) is 5.54. The normalized spacial score (nSPS) is 10.6. The van der Waals surface area contributed by atoms with E-state index in [-0.39, 0.29) is 16.3 Å². The summed E-state index contributed by atoms with van der Waals surface area (Å²) in [4.78, 5) is 23.5. The molecule has 0 saturated carbocycles. The number of carbonyl (C=O) groups is 2. The van der Waals surface area contributed by atoms with E-state index in [1.54, 1.807) is 18.2 Å². The third kappa shape index (κ3) is 2.66. The van der Waals surface area contributed by atoms with E-state index in [0.717, 1.165) is 11.1 Å². The molecule has 6 heteroatoms. The predicted molar refractivity (Wildman–Crippen MR) is 81.7 cm³/mol. The number of amides is 1. The lowest BCUT2D eigenvalue weighted by Gasteiger charge is -2.08. The molecule has 1 heterocycles. The zero-order chi connectivity index (χ0) is 15.7. The summed E-state index contributed by atoms with van der Waals surface area (Å²) < 4.78 is 5.04. The number of hydrogen-bond acceptors (Lipinski definition) is 3. The van der Waals surface area contributed by atoms with Crippen molar-refractivity contribution in [1.82, 2.24) is 0 Å². The van der Waals surface area contributed by atoms with Crippen LogP contribution in [0.2, 0.25) is 5.02 Å². The topological polar surface area (TPSA) is 79.5 Å². The molecule has 0 atom stereocenters. The van der Waals surface area contributed by atoms with Gasteiger partial charge in [0.2, 0.25) is 0 Å². The summed E-state index contributed by atoms with van der Waals surface area (Å²) in [5, 5.41) is 12.0. The van der Waals surface area contributed by atoms with Crippen LogP contribution in [0.1, 0.15) is 20.7 Å². The van der Waals surface area contributed by atoms with Crippen molar-refractivity contribution in [1.29, 1.82) is 0 Å². The van der Waals surface area contributed by atoms with E-state index < -0.39 is 11.9 Å². The number of benzene rings is 1. The summed E-state index contributed by atoms with van der Waals surface area (Å²) in [7, 11) is 0. The maximum Gasteiger partial charge on any atom is 0.337 e. The van der Waals surface area contributed by atoms with Crippen molar-refractivity contribution in [3.8, 4) is 11.1 Å². The molecule has 2 aliphatic rings. The van der Waals surface area contributed by atoms with Crippen LogP contribution in [0.15, 0.2) is 53.3 Å². The molecule has 0 bridgehead atoms. The third-order valence-corrected chi connectivity index (χ3v) is 3.43. The van der Waals surface area contributed by atoms with E-state index >= 15 is 0 Å². The lowest BCUT2D eigenvalue weighted by Crippen LogP contribution is -2.14. The third-order valence-electron chi connectivity index (χ3n) is 3.20. The van der Waals surface area contributed by atoms with Gasteiger partial charge in [0, 0.05) is 16.1 Å². The van der Waals surface area contributed by atoms with Crippen LogP contribution in [0.3, 0.4) is 0 Å². The molecule has 0 fully saturated rings. The van der Waals surface area contributed by atoms with Crippen LogP contribution < -0.4 is 5.32 Å². The smallest absolute Gasteiger partial charge is 0.337 e. The largest absolute Gasteiger partial charge is 0.478 e. The van der Waals surface area contributed by atoms with Crippen LogP contribution in [0.25, 0.3) is 11.1 Å². The fourth-order valence-electron chi connectivity index (χ4n) is 2.14. The molecule has 2 N–H and O–H groups in total. The van der Waals surface area contributed by atoms with Crippen molar-refractivity contribution in [2.24, 2.45) is 0 Å². The van der Waals surface area contributed by atoms with Crippen molar-refractivity contribution in [3.63, 3.8) is 0 Å². The number of hydrogen-bond donors (Lipinski definition) is 2. The van der Waals surface area contributed by atoms with Crippen LogP contribution in [0, 0.1) is 0 Å². The Hall–Kier alpha value is -2.79. The minimum Gasteiger partial charge on any atom is -0.478 e. The van der Waals surface area contributed by atoms with Crippen LogP contribution >= 0.6 is 11.6 Å². The molecular formula is C16H10ClNO4. The Balaban J connectivity index is 1.92. The van der Waals surface area contributed by atoms with Gasteiger partial charge in [-0.25, -0.2) is 4.79 Å². The van der Waals surface area contributed by atoms with Crippen molar-refractivity contribution >= 4 is 29.2 Å². The highest BCUT2D eigenvalue weighted by molar-refractivity contribution is 6.31. The molecule has 5 nitrogen and oxygen atoms in total. The minimum absolute atomic E-state index is 0.0630. The Morgan fingerprint density at radius 1 is 1.09 bits per heavy atom. The first kappa shape index (κ1) is 14.2. The summed E-state index contributed by atoms with van der Waals surface area (Å²) in [6, 6.07) is 9.39. The summed E-state index contributed by atoms with van der Waals surface area (Å²) in [5.41, 5.74) is 2.21. The van der Waals surface area contributed by atoms with Gasteiger partial charge in [0.15, 0.2) is 0 Å². The second-order valence-corrected chi connectivity index (χ2v) is 5.10. The molecule has 0 spiro atoms. The SMILES string of the molecule is O=C(Nc1ccc(Cl)cc1C(=O)O)c1cc2ccocc-2c1. The van der Waals surface area contributed by atoms with E-state index in [4.69, 9.17) is 21.1 Å². The zero-order valence-corrected chi connectivity index (χ0v) is 11.9. The molecule has 1 aromatic carbocycles. The number of anilines is 1. The second-order valence-electron chi connectivity index (χ2n) is 4.66. The highest BCUT2D eigenvalue weighted by atomic mass is 35.5. The molecule has 1 aromatic rings. The first-order chi connectivity index (χ1) is 10.5. The number of halogens is 1. The van der Waals surface area contributed by atoms with E-state index in [2.05, 4.69) is 5.32 Å². The van der Waals surface area contributed by atoms with E-state index in [1.807, 2.05) is 0 Å². The number of rotatable bonds is 3. The molecule has 1 aliphatic heterocycles. The van der Waals surface area contributed by atoms with Crippen LogP contribution in [-0.2, 0) is 0 Å². The van der Waals surface area contributed by atoms with E-state index in [0.29, 0.717) is 5.56 Å². The van der Waals surface area contributed by atoms with Crippen LogP contribution in [0.5, 0.6) is 0 Å². The average Bonchev–Trinajstić information content (AvgIpc) is 2.93. The predicted octanol–water partition coefficient (Wildman–Crippen LogP) is 3.99. The summed E-state index contributed by atoms with van der Waals surface area (Å²) in [6.45, 7) is 0. The first-order valence-electron chi connectivity index (χ1n) is 6.35. The molecule has 110 valence electrons. The molecule has 1 aliphatic carbocycles. The molecule has 0 radical (unpaired) electrons. The van der Waals surface area contributed by atoms with Gasteiger partial charge in [-0.15, -0.1) is 0 Å². The molecule has 0 saturated heterocycles. The lowest BCUT2D eigenvalue weighted by molar-refractivity contribution is 0.0698. The molecule has 22 heavy (non-hydrogen) atoms. The molecule has 0 unspecified atom stereocenters. The van der Waals surface area contributed by atoms with E-state index in [9.17, 15) is 9.59 Å². The Morgan fingerprint density at radius 2 is 1.86 bits per heavy atom. The zero-order valence-electron chi connectivity index (χ0n) is 11.2. The molecular weight excluding hydrogens is 306 g/mol. The minimum atomic E-state index is -1.16. The number of fused-ring (bicyclic) bond motifs is 1. The Morgan fingerprint density at radius 3 is 2.59 bits per heavy atom. The van der Waals surface area contributed by atoms with Gasteiger partial charge in [0.1, 0.15) is 0 Å². The van der Waals surface area contributed by atoms with Crippen molar-refractivity contribution in [3.05, 3.63) is 65.1 Å². The first-order valence-corrected chi connectivity index (χ1v) is 6.72. The maximum absolute atomic E-state index is 12.3. The molecule has 0 aromatic heterocycles. The lowest BCUT2D eigenvalue weighted by atomic mass is 10.1. The van der Waals surface area contributed by atoms with Gasteiger partial charge in [-0.05, 0) is 42.0 Å². The van der Waals surface area contributed by atoms with Crippen molar-refractivity contribution < 1.29 is 19.1 Å². The summed E-state index contributed by atoms with van der Waals surface area (Å²) >= 11 is 5.78. The van der Waals surface area contributed by atoms with Crippen LogP contribution in [-0.4, -0.2) is 17.0 Å². The highest BCUT2D eigenvalue weighted by Gasteiger charge is 2.16. The average molecular weight is 316 g/mol.